The normalized spacial score (nSPS) is 21.0. The van der Waals surface area contributed by atoms with Gasteiger partial charge >= 0.3 is 0 Å². The van der Waals surface area contributed by atoms with Gasteiger partial charge in [-0.05, 0) is 49.8 Å². The topological polar surface area (TPSA) is 102 Å². The van der Waals surface area contributed by atoms with Crippen LogP contribution in [0.25, 0.3) is 6.08 Å². The first-order valence-electron chi connectivity index (χ1n) is 8.10. The van der Waals surface area contributed by atoms with Gasteiger partial charge in [0.2, 0.25) is 0 Å². The SMILES string of the molecule is Cc1c(/C=C(/C#N)C(=O)NCC2CCCC(O)C2)cc(C#N)n1C. The molecule has 6 nitrogen and oxygen atoms in total. The van der Waals surface area contributed by atoms with Gasteiger partial charge in [0.25, 0.3) is 5.91 Å². The zero-order valence-corrected chi connectivity index (χ0v) is 14.0. The molecule has 2 N–H and O–H groups in total. The molecule has 1 aliphatic rings. The molecule has 126 valence electrons. The van der Waals surface area contributed by atoms with Crippen molar-refractivity contribution in [3.63, 3.8) is 0 Å². The first-order valence-corrected chi connectivity index (χ1v) is 8.10. The van der Waals surface area contributed by atoms with Crippen molar-refractivity contribution in [3.05, 3.63) is 28.6 Å². The molecule has 0 spiro atoms. The van der Waals surface area contributed by atoms with E-state index < -0.39 is 5.91 Å². The van der Waals surface area contributed by atoms with Gasteiger partial charge in [-0.25, -0.2) is 0 Å². The molecule has 1 aliphatic carbocycles. The van der Waals surface area contributed by atoms with Crippen LogP contribution in [0.2, 0.25) is 0 Å². The lowest BCUT2D eigenvalue weighted by molar-refractivity contribution is -0.117. The van der Waals surface area contributed by atoms with E-state index in [0.717, 1.165) is 25.0 Å². The van der Waals surface area contributed by atoms with E-state index in [1.807, 2.05) is 13.0 Å². The summed E-state index contributed by atoms with van der Waals surface area (Å²) in [5.41, 5.74) is 2.01. The Morgan fingerprint density at radius 3 is 2.83 bits per heavy atom. The molecule has 6 heteroatoms. The van der Waals surface area contributed by atoms with Crippen molar-refractivity contribution in [3.8, 4) is 12.1 Å². The number of carbonyl (C=O) groups is 1. The van der Waals surface area contributed by atoms with Crippen LogP contribution in [-0.2, 0) is 11.8 Å². The molecule has 0 radical (unpaired) electrons. The summed E-state index contributed by atoms with van der Waals surface area (Å²) in [7, 11) is 1.77. The van der Waals surface area contributed by atoms with Crippen molar-refractivity contribution in [2.75, 3.05) is 6.54 Å². The van der Waals surface area contributed by atoms with Crippen LogP contribution in [0.15, 0.2) is 11.6 Å². The molecule has 2 unspecified atom stereocenters. The molecule has 1 aromatic heterocycles. The maximum atomic E-state index is 12.2. The molecule has 0 saturated heterocycles. The highest BCUT2D eigenvalue weighted by atomic mass is 16.3. The van der Waals surface area contributed by atoms with Crippen molar-refractivity contribution in [2.24, 2.45) is 13.0 Å². The molecule has 1 heterocycles. The number of aliphatic hydroxyl groups excluding tert-OH is 1. The number of nitrogens with one attached hydrogen (secondary N) is 1. The van der Waals surface area contributed by atoms with E-state index in [1.165, 1.54) is 6.08 Å². The van der Waals surface area contributed by atoms with E-state index in [9.17, 15) is 15.2 Å². The van der Waals surface area contributed by atoms with Gasteiger partial charge in [-0.1, -0.05) is 6.42 Å². The molecule has 1 fully saturated rings. The lowest BCUT2D eigenvalue weighted by Gasteiger charge is -2.25. The largest absolute Gasteiger partial charge is 0.393 e. The highest BCUT2D eigenvalue weighted by Crippen LogP contribution is 2.23. The predicted molar refractivity (Wildman–Crippen MR) is 89.4 cm³/mol. The average molecular weight is 326 g/mol. The minimum Gasteiger partial charge on any atom is -0.393 e. The summed E-state index contributed by atoms with van der Waals surface area (Å²) >= 11 is 0. The fraction of sp³-hybridized carbons (Fsp3) is 0.500. The maximum Gasteiger partial charge on any atom is 0.261 e. The highest BCUT2D eigenvalue weighted by molar-refractivity contribution is 6.01. The number of rotatable bonds is 4. The second-order valence-corrected chi connectivity index (χ2v) is 6.31. The van der Waals surface area contributed by atoms with Gasteiger partial charge < -0.3 is 15.0 Å². The van der Waals surface area contributed by atoms with Crippen molar-refractivity contribution in [2.45, 2.75) is 38.7 Å². The molecule has 0 aliphatic heterocycles. The fourth-order valence-corrected chi connectivity index (χ4v) is 3.06. The van der Waals surface area contributed by atoms with E-state index in [-0.39, 0.29) is 17.6 Å². The summed E-state index contributed by atoms with van der Waals surface area (Å²) in [6, 6.07) is 5.67. The Morgan fingerprint density at radius 2 is 2.25 bits per heavy atom. The maximum absolute atomic E-state index is 12.2. The van der Waals surface area contributed by atoms with Crippen LogP contribution in [0.1, 0.15) is 42.6 Å². The van der Waals surface area contributed by atoms with Crippen LogP contribution < -0.4 is 5.32 Å². The van der Waals surface area contributed by atoms with Crippen LogP contribution >= 0.6 is 0 Å². The van der Waals surface area contributed by atoms with E-state index in [2.05, 4.69) is 11.4 Å². The van der Waals surface area contributed by atoms with Crippen molar-refractivity contribution in [1.29, 1.82) is 10.5 Å². The van der Waals surface area contributed by atoms with E-state index in [4.69, 9.17) is 5.26 Å². The first-order chi connectivity index (χ1) is 11.5. The van der Waals surface area contributed by atoms with Crippen molar-refractivity contribution in [1.82, 2.24) is 9.88 Å². The fourth-order valence-electron chi connectivity index (χ4n) is 3.06. The molecule has 1 amide bonds. The summed E-state index contributed by atoms with van der Waals surface area (Å²) in [5, 5.41) is 30.8. The van der Waals surface area contributed by atoms with Gasteiger partial charge in [0.05, 0.1) is 6.10 Å². The third-order valence-corrected chi connectivity index (χ3v) is 4.66. The van der Waals surface area contributed by atoms with Crippen molar-refractivity contribution >= 4 is 12.0 Å². The summed E-state index contributed by atoms with van der Waals surface area (Å²) in [5.74, 6) is -0.166. The number of nitrogens with zero attached hydrogens (tertiary/aromatic N) is 3. The molecular weight excluding hydrogens is 304 g/mol. The van der Waals surface area contributed by atoms with Crippen LogP contribution in [0, 0.1) is 35.5 Å². The Kier molecular flexibility index (Phi) is 5.78. The number of carbonyl (C=O) groups excluding carboxylic acids is 1. The Balaban J connectivity index is 2.06. The van der Waals surface area contributed by atoms with Crippen LogP contribution in [0.4, 0.5) is 0 Å². The lowest BCUT2D eigenvalue weighted by Crippen LogP contribution is -2.33. The minimum atomic E-state index is -0.417. The molecule has 2 atom stereocenters. The van der Waals surface area contributed by atoms with Gasteiger partial charge in [-0.15, -0.1) is 0 Å². The number of hydrogen-bond acceptors (Lipinski definition) is 4. The quantitative estimate of drug-likeness (QED) is 0.650. The van der Waals surface area contributed by atoms with Crippen LogP contribution in [0.3, 0.4) is 0 Å². The number of aliphatic hydroxyl groups is 1. The summed E-state index contributed by atoms with van der Waals surface area (Å²) in [6.45, 7) is 2.30. The number of aromatic nitrogens is 1. The standard InChI is InChI=1S/C18H22N4O2/c1-12-14(8-16(10-20)22(12)2)7-15(9-19)18(24)21-11-13-4-3-5-17(23)6-13/h7-8,13,17,23H,3-6,11H2,1-2H3,(H,21,24)/b15-7-. The smallest absolute Gasteiger partial charge is 0.261 e. The molecule has 0 aromatic carbocycles. The minimum absolute atomic E-state index is 0.0181. The zero-order valence-electron chi connectivity index (χ0n) is 14.0. The van der Waals surface area contributed by atoms with Crippen LogP contribution in [-0.4, -0.2) is 28.2 Å². The van der Waals surface area contributed by atoms with Gasteiger partial charge in [-0.2, -0.15) is 10.5 Å². The summed E-state index contributed by atoms with van der Waals surface area (Å²) < 4.78 is 1.72. The third-order valence-electron chi connectivity index (χ3n) is 4.66. The van der Waals surface area contributed by atoms with Crippen LogP contribution in [0.5, 0.6) is 0 Å². The predicted octanol–water partition coefficient (Wildman–Crippen LogP) is 1.78. The monoisotopic (exact) mass is 326 g/mol. The van der Waals surface area contributed by atoms with Gasteiger partial charge in [-0.3, -0.25) is 4.79 Å². The lowest BCUT2D eigenvalue weighted by atomic mass is 9.87. The second-order valence-electron chi connectivity index (χ2n) is 6.31. The zero-order chi connectivity index (χ0) is 17.7. The summed E-state index contributed by atoms with van der Waals surface area (Å²) in [4.78, 5) is 12.2. The number of hydrogen-bond donors (Lipinski definition) is 2. The number of amides is 1. The third kappa shape index (κ3) is 4.04. The van der Waals surface area contributed by atoms with Crippen molar-refractivity contribution < 1.29 is 9.90 Å². The van der Waals surface area contributed by atoms with Gasteiger partial charge in [0.15, 0.2) is 0 Å². The molecule has 1 saturated carbocycles. The highest BCUT2D eigenvalue weighted by Gasteiger charge is 2.21. The van der Waals surface area contributed by atoms with E-state index >= 15 is 0 Å². The summed E-state index contributed by atoms with van der Waals surface area (Å²) in [6.07, 6.45) is 4.68. The molecular formula is C18H22N4O2. The van der Waals surface area contributed by atoms with E-state index in [1.54, 1.807) is 17.7 Å². The second kappa shape index (κ2) is 7.81. The molecule has 24 heavy (non-hydrogen) atoms. The molecule has 1 aromatic rings. The molecule has 0 bridgehead atoms. The Labute approximate surface area is 142 Å². The average Bonchev–Trinajstić information content (AvgIpc) is 2.85. The number of nitriles is 2. The molecule has 2 rings (SSSR count). The van der Waals surface area contributed by atoms with Gasteiger partial charge in [0.1, 0.15) is 23.4 Å². The van der Waals surface area contributed by atoms with Gasteiger partial charge in [0, 0.05) is 19.3 Å². The Bertz CT molecular complexity index is 733. The Hall–Kier alpha value is -2.57. The first kappa shape index (κ1) is 17.8. The van der Waals surface area contributed by atoms with E-state index in [0.29, 0.717) is 24.2 Å². The Morgan fingerprint density at radius 1 is 1.50 bits per heavy atom.